The summed E-state index contributed by atoms with van der Waals surface area (Å²) in [7, 11) is 0. The van der Waals surface area contributed by atoms with Crippen LogP contribution in [0.4, 0.5) is 4.79 Å². The molecule has 3 aromatic rings. The average Bonchev–Trinajstić information content (AvgIpc) is 2.87. The van der Waals surface area contributed by atoms with E-state index in [1.165, 1.54) is 0 Å². The topological polar surface area (TPSA) is 130 Å². The molecular formula is C29H37N3O6. The van der Waals surface area contributed by atoms with Crippen molar-refractivity contribution in [3.63, 3.8) is 0 Å². The zero-order valence-corrected chi connectivity index (χ0v) is 22.5. The molecule has 4 N–H and O–H groups in total. The van der Waals surface area contributed by atoms with Gasteiger partial charge in [0.25, 0.3) is 0 Å². The lowest BCUT2D eigenvalue weighted by atomic mass is 9.90. The number of pyridine rings is 1. The summed E-state index contributed by atoms with van der Waals surface area (Å²) in [6, 6.07) is 11.1. The van der Waals surface area contributed by atoms with Gasteiger partial charge in [0, 0.05) is 42.7 Å². The first-order chi connectivity index (χ1) is 18.2. The molecule has 38 heavy (non-hydrogen) atoms. The molecule has 0 spiro atoms. The van der Waals surface area contributed by atoms with Crippen molar-refractivity contribution in [1.82, 2.24) is 15.6 Å². The maximum absolute atomic E-state index is 13.7. The van der Waals surface area contributed by atoms with Gasteiger partial charge in [-0.05, 0) is 62.6 Å². The summed E-state index contributed by atoms with van der Waals surface area (Å²) in [6.07, 6.45) is -0.104. The van der Waals surface area contributed by atoms with Crippen LogP contribution in [0, 0.1) is 19.8 Å². The minimum atomic E-state index is -1.31. The number of aromatic nitrogens is 1. The lowest BCUT2D eigenvalue weighted by molar-refractivity contribution is -0.170. The predicted molar refractivity (Wildman–Crippen MR) is 145 cm³/mol. The number of rotatable bonds is 12. The molecule has 0 saturated carbocycles. The number of amides is 2. The fraction of sp³-hybridized carbons (Fsp3) is 0.414. The number of para-hydroxylation sites is 1. The fourth-order valence-electron chi connectivity index (χ4n) is 4.82. The first kappa shape index (κ1) is 28.9. The smallest absolute Gasteiger partial charge is 0.405 e. The number of carbonyl (C=O) groups is 2. The van der Waals surface area contributed by atoms with Crippen LogP contribution in [0.2, 0.25) is 0 Å². The quantitative estimate of drug-likeness (QED) is 0.255. The molecule has 1 aromatic heterocycles. The van der Waals surface area contributed by atoms with E-state index in [-0.39, 0.29) is 18.1 Å². The Kier molecular flexibility index (Phi) is 10.0. The average molecular weight is 524 g/mol. The molecular weight excluding hydrogens is 486 g/mol. The minimum Gasteiger partial charge on any atom is -0.508 e. The van der Waals surface area contributed by atoms with Crippen LogP contribution in [0.1, 0.15) is 49.1 Å². The largest absolute Gasteiger partial charge is 0.508 e. The first-order valence-electron chi connectivity index (χ1n) is 12.8. The Morgan fingerprint density at radius 1 is 1.00 bits per heavy atom. The van der Waals surface area contributed by atoms with Gasteiger partial charge in [0.05, 0.1) is 11.6 Å². The van der Waals surface area contributed by atoms with Gasteiger partial charge in [-0.2, -0.15) is 0 Å². The molecule has 3 atom stereocenters. The molecule has 0 radical (unpaired) electrons. The van der Waals surface area contributed by atoms with Gasteiger partial charge in [0.1, 0.15) is 11.8 Å². The zero-order valence-electron chi connectivity index (χ0n) is 22.5. The number of fused-ring (bicyclic) bond motifs is 1. The number of hydrogen-bond donors (Lipinski definition) is 4. The summed E-state index contributed by atoms with van der Waals surface area (Å²) < 4.78 is 11.8. The summed E-state index contributed by atoms with van der Waals surface area (Å²) in [5.74, 6) is -0.712. The Morgan fingerprint density at radius 2 is 1.63 bits per heavy atom. The third kappa shape index (κ3) is 6.99. The van der Waals surface area contributed by atoms with Gasteiger partial charge in [-0.1, -0.05) is 31.2 Å². The predicted octanol–water partition coefficient (Wildman–Crippen LogP) is 4.63. The molecule has 9 nitrogen and oxygen atoms in total. The number of phenols is 1. The second-order valence-corrected chi connectivity index (χ2v) is 9.31. The highest BCUT2D eigenvalue weighted by Crippen LogP contribution is 2.32. The summed E-state index contributed by atoms with van der Waals surface area (Å²) in [5, 5.41) is 25.8. The Bertz CT molecular complexity index is 1230. The molecule has 2 amide bonds. The van der Waals surface area contributed by atoms with Crippen LogP contribution in [0.25, 0.3) is 10.9 Å². The monoisotopic (exact) mass is 523 g/mol. The molecule has 0 bridgehead atoms. The normalized spacial score (nSPS) is 13.7. The maximum Gasteiger partial charge on any atom is 0.405 e. The standard InChI is InChI=1S/C29H37N3O6/c1-6-37-28(38-7-2)19(5)25(22-12-8-10-20-11-9-13-30-26(20)22)32-27(34)24(31-29(35)36)16-23-17(3)14-21(33)15-18(23)4/h8-15,19,24-25,28,31,33H,6-7,16H2,1-5H3,(H,32,34)(H,35,36)/t19-,24-,25?/m0/s1. The van der Waals surface area contributed by atoms with Gasteiger partial charge in [-0.3, -0.25) is 9.78 Å². The van der Waals surface area contributed by atoms with Gasteiger partial charge in [-0.25, -0.2) is 4.79 Å². The number of phenolic OH excluding ortho intramolecular Hbond substituents is 1. The van der Waals surface area contributed by atoms with Crippen molar-refractivity contribution in [3.05, 3.63) is 70.9 Å². The summed E-state index contributed by atoms with van der Waals surface area (Å²) >= 11 is 0. The third-order valence-electron chi connectivity index (χ3n) is 6.62. The number of hydrogen-bond acceptors (Lipinski definition) is 6. The van der Waals surface area contributed by atoms with Crippen molar-refractivity contribution < 1.29 is 29.3 Å². The Morgan fingerprint density at radius 3 is 2.24 bits per heavy atom. The molecule has 1 heterocycles. The number of carbonyl (C=O) groups excluding carboxylic acids is 1. The summed E-state index contributed by atoms with van der Waals surface area (Å²) in [5.41, 5.74) is 3.83. The highest BCUT2D eigenvalue weighted by Gasteiger charge is 2.33. The highest BCUT2D eigenvalue weighted by atomic mass is 16.7. The van der Waals surface area contributed by atoms with Crippen LogP contribution in [-0.2, 0) is 20.7 Å². The molecule has 3 rings (SSSR count). The molecule has 1 unspecified atom stereocenters. The van der Waals surface area contributed by atoms with Crippen LogP contribution in [0.5, 0.6) is 5.75 Å². The van der Waals surface area contributed by atoms with Crippen LogP contribution < -0.4 is 10.6 Å². The van der Waals surface area contributed by atoms with Crippen molar-refractivity contribution in [2.75, 3.05) is 13.2 Å². The lowest BCUT2D eigenvalue weighted by Gasteiger charge is -2.33. The number of ether oxygens (including phenoxy) is 2. The molecule has 0 saturated heterocycles. The molecule has 0 fully saturated rings. The summed E-state index contributed by atoms with van der Waals surface area (Å²) in [6.45, 7) is 10.2. The van der Waals surface area contributed by atoms with Crippen LogP contribution >= 0.6 is 0 Å². The maximum atomic E-state index is 13.7. The van der Waals surface area contributed by atoms with Gasteiger partial charge in [-0.15, -0.1) is 0 Å². The number of nitrogens with one attached hydrogen (secondary N) is 2. The van der Waals surface area contributed by atoms with Crippen molar-refractivity contribution >= 4 is 22.9 Å². The van der Waals surface area contributed by atoms with Gasteiger partial charge in [0.15, 0.2) is 6.29 Å². The van der Waals surface area contributed by atoms with E-state index in [4.69, 9.17) is 9.47 Å². The van der Waals surface area contributed by atoms with Crippen molar-refractivity contribution in [1.29, 1.82) is 0 Å². The van der Waals surface area contributed by atoms with Crippen molar-refractivity contribution in [2.24, 2.45) is 5.92 Å². The molecule has 0 aliphatic rings. The van der Waals surface area contributed by atoms with Crippen LogP contribution in [-0.4, -0.2) is 52.7 Å². The summed E-state index contributed by atoms with van der Waals surface area (Å²) in [4.78, 5) is 30.0. The number of benzene rings is 2. The second-order valence-electron chi connectivity index (χ2n) is 9.31. The first-order valence-corrected chi connectivity index (χ1v) is 12.8. The number of carboxylic acid groups (broad SMARTS) is 1. The number of nitrogens with zero attached hydrogens (tertiary/aromatic N) is 1. The van der Waals surface area contributed by atoms with E-state index >= 15 is 0 Å². The zero-order chi connectivity index (χ0) is 27.8. The van der Waals surface area contributed by atoms with E-state index in [9.17, 15) is 19.8 Å². The van der Waals surface area contributed by atoms with E-state index in [1.807, 2.05) is 65.0 Å². The molecule has 204 valence electrons. The Labute approximate surface area is 223 Å². The SMILES string of the molecule is CCOC(OCC)[C@@H](C)C(NC(=O)[C@H](Cc1c(C)cc(O)cc1C)NC(=O)O)c1cccc2cccnc12. The van der Waals surface area contributed by atoms with Crippen molar-refractivity contribution in [3.8, 4) is 5.75 Å². The number of aromatic hydroxyl groups is 1. The van der Waals surface area contributed by atoms with E-state index < -0.39 is 30.4 Å². The molecule has 9 heteroatoms. The van der Waals surface area contributed by atoms with Gasteiger partial charge < -0.3 is 30.3 Å². The molecule has 2 aromatic carbocycles. The van der Waals surface area contributed by atoms with Gasteiger partial charge in [0.2, 0.25) is 5.91 Å². The van der Waals surface area contributed by atoms with Crippen LogP contribution in [0.15, 0.2) is 48.7 Å². The van der Waals surface area contributed by atoms with E-state index in [1.54, 1.807) is 18.3 Å². The molecule has 0 aliphatic heterocycles. The lowest BCUT2D eigenvalue weighted by Crippen LogP contribution is -2.50. The Balaban J connectivity index is 2.02. The van der Waals surface area contributed by atoms with Crippen LogP contribution in [0.3, 0.4) is 0 Å². The Hall–Kier alpha value is -3.69. The second kappa shape index (κ2) is 13.2. The van der Waals surface area contributed by atoms with E-state index in [0.29, 0.717) is 13.2 Å². The highest BCUT2D eigenvalue weighted by molar-refractivity contribution is 5.87. The third-order valence-corrected chi connectivity index (χ3v) is 6.62. The van der Waals surface area contributed by atoms with Gasteiger partial charge >= 0.3 is 6.09 Å². The van der Waals surface area contributed by atoms with E-state index in [2.05, 4.69) is 15.6 Å². The fourth-order valence-corrected chi connectivity index (χ4v) is 4.82. The van der Waals surface area contributed by atoms with Crippen molar-refractivity contribution in [2.45, 2.75) is 59.4 Å². The minimum absolute atomic E-state index is 0.116. The van der Waals surface area contributed by atoms with E-state index in [0.717, 1.165) is 33.2 Å². The number of aryl methyl sites for hydroxylation is 2. The molecule has 0 aliphatic carbocycles.